The van der Waals surface area contributed by atoms with E-state index in [2.05, 4.69) is 10.8 Å². The molecule has 2 N–H and O–H groups in total. The van der Waals surface area contributed by atoms with Crippen molar-refractivity contribution < 1.29 is 18.3 Å². The van der Waals surface area contributed by atoms with Gasteiger partial charge in [0.25, 0.3) is 0 Å². The average molecular weight is 400 g/mol. The van der Waals surface area contributed by atoms with Crippen LogP contribution < -0.4 is 10.5 Å². The summed E-state index contributed by atoms with van der Waals surface area (Å²) in [6.45, 7) is -2.69. The first-order valence-corrected chi connectivity index (χ1v) is 8.78. The van der Waals surface area contributed by atoms with Crippen LogP contribution in [0.4, 0.5) is 8.78 Å². The highest BCUT2D eigenvalue weighted by atomic mass is 35.5. The molecule has 141 valence electrons. The zero-order chi connectivity index (χ0) is 19.8. The SMILES string of the molecule is NC(=O)c1cccc2c1c1[c]cc(Cl)cc1n2Cc1ccccc1OC(F)F. The van der Waals surface area contributed by atoms with Gasteiger partial charge in [0.05, 0.1) is 17.6 Å². The number of nitrogens with zero attached hydrogens (tertiary/aromatic N) is 1. The monoisotopic (exact) mass is 399 g/mol. The summed E-state index contributed by atoms with van der Waals surface area (Å²) < 4.78 is 32.1. The summed E-state index contributed by atoms with van der Waals surface area (Å²) in [7, 11) is 0. The van der Waals surface area contributed by atoms with Gasteiger partial charge in [-0.2, -0.15) is 8.78 Å². The Morgan fingerprint density at radius 3 is 2.71 bits per heavy atom. The third-order valence-electron chi connectivity index (χ3n) is 4.54. The van der Waals surface area contributed by atoms with Crippen LogP contribution in [-0.2, 0) is 6.54 Å². The van der Waals surface area contributed by atoms with Crippen molar-refractivity contribution in [2.45, 2.75) is 13.2 Å². The molecule has 0 spiro atoms. The number of fused-ring (bicyclic) bond motifs is 3. The van der Waals surface area contributed by atoms with Crippen molar-refractivity contribution in [2.75, 3.05) is 0 Å². The Kier molecular flexibility index (Phi) is 4.65. The van der Waals surface area contributed by atoms with Crippen LogP contribution in [0, 0.1) is 6.07 Å². The first kappa shape index (κ1) is 18.3. The van der Waals surface area contributed by atoms with Gasteiger partial charge in [0, 0.05) is 26.9 Å². The second-order valence-electron chi connectivity index (χ2n) is 6.21. The van der Waals surface area contributed by atoms with Gasteiger partial charge in [-0.1, -0.05) is 35.9 Å². The number of primary amides is 1. The van der Waals surface area contributed by atoms with E-state index in [4.69, 9.17) is 17.3 Å². The van der Waals surface area contributed by atoms with Crippen molar-refractivity contribution >= 4 is 39.3 Å². The normalized spacial score (nSPS) is 11.4. The zero-order valence-electron chi connectivity index (χ0n) is 14.5. The Balaban J connectivity index is 1.98. The molecule has 0 aliphatic carbocycles. The molecule has 0 unspecified atom stereocenters. The van der Waals surface area contributed by atoms with Gasteiger partial charge in [0.15, 0.2) is 0 Å². The Labute approximate surface area is 164 Å². The van der Waals surface area contributed by atoms with Gasteiger partial charge in [-0.25, -0.2) is 0 Å². The molecular formula is C21H14ClF2N2O2. The third kappa shape index (κ3) is 3.16. The molecule has 3 aromatic carbocycles. The van der Waals surface area contributed by atoms with Crippen LogP contribution in [0.2, 0.25) is 5.02 Å². The minimum absolute atomic E-state index is 0.0876. The Hall–Kier alpha value is -3.12. The quantitative estimate of drug-likeness (QED) is 0.513. The maximum Gasteiger partial charge on any atom is 0.387 e. The van der Waals surface area contributed by atoms with Crippen molar-refractivity contribution in [3.63, 3.8) is 0 Å². The van der Waals surface area contributed by atoms with Crippen LogP contribution in [0.3, 0.4) is 0 Å². The molecule has 28 heavy (non-hydrogen) atoms. The van der Waals surface area contributed by atoms with E-state index in [0.29, 0.717) is 32.4 Å². The lowest BCUT2D eigenvalue weighted by atomic mass is 10.1. The predicted molar refractivity (Wildman–Crippen MR) is 104 cm³/mol. The third-order valence-corrected chi connectivity index (χ3v) is 4.76. The number of nitrogens with two attached hydrogens (primary N) is 1. The summed E-state index contributed by atoms with van der Waals surface area (Å²) in [5.41, 5.74) is 7.90. The zero-order valence-corrected chi connectivity index (χ0v) is 15.2. The molecule has 0 atom stereocenters. The number of alkyl halides is 2. The predicted octanol–water partition coefficient (Wildman–Crippen LogP) is 5.00. The summed E-state index contributed by atoms with van der Waals surface area (Å²) in [4.78, 5) is 11.9. The number of carbonyl (C=O) groups excluding carboxylic acids is 1. The number of aromatic nitrogens is 1. The van der Waals surface area contributed by atoms with Gasteiger partial charge in [0.2, 0.25) is 5.91 Å². The highest BCUT2D eigenvalue weighted by Gasteiger charge is 2.18. The lowest BCUT2D eigenvalue weighted by Crippen LogP contribution is -2.11. The van der Waals surface area contributed by atoms with E-state index in [1.807, 2.05) is 10.6 Å². The van der Waals surface area contributed by atoms with Crippen molar-refractivity contribution in [1.29, 1.82) is 0 Å². The molecule has 0 fully saturated rings. The molecule has 1 amide bonds. The van der Waals surface area contributed by atoms with Crippen molar-refractivity contribution in [3.8, 4) is 5.75 Å². The highest BCUT2D eigenvalue weighted by Crippen LogP contribution is 2.34. The molecule has 0 saturated carbocycles. The first-order valence-electron chi connectivity index (χ1n) is 8.40. The number of hydrogen-bond donors (Lipinski definition) is 1. The molecule has 4 aromatic rings. The van der Waals surface area contributed by atoms with Crippen LogP contribution in [0.5, 0.6) is 5.75 Å². The number of amides is 1. The lowest BCUT2D eigenvalue weighted by Gasteiger charge is -2.13. The second kappa shape index (κ2) is 7.13. The number of hydrogen-bond acceptors (Lipinski definition) is 2. The van der Waals surface area contributed by atoms with Crippen LogP contribution in [0.15, 0.2) is 54.6 Å². The molecule has 1 heterocycles. The summed E-state index contributed by atoms with van der Waals surface area (Å²) >= 11 is 6.16. The smallest absolute Gasteiger partial charge is 0.387 e. The highest BCUT2D eigenvalue weighted by molar-refractivity contribution is 6.31. The summed E-state index contributed by atoms with van der Waals surface area (Å²) in [6, 6.07) is 18.2. The molecule has 4 rings (SSSR count). The average Bonchev–Trinajstić information content (AvgIpc) is 2.96. The van der Waals surface area contributed by atoms with Crippen LogP contribution >= 0.6 is 11.6 Å². The van der Waals surface area contributed by atoms with E-state index >= 15 is 0 Å². The molecule has 4 nitrogen and oxygen atoms in total. The lowest BCUT2D eigenvalue weighted by molar-refractivity contribution is -0.0504. The number of ether oxygens (including phenoxy) is 1. The fourth-order valence-electron chi connectivity index (χ4n) is 3.42. The summed E-state index contributed by atoms with van der Waals surface area (Å²) in [5.74, 6) is -0.473. The molecule has 0 bridgehead atoms. The minimum Gasteiger partial charge on any atom is -0.434 e. The number of para-hydroxylation sites is 1. The van der Waals surface area contributed by atoms with E-state index in [0.717, 1.165) is 5.52 Å². The van der Waals surface area contributed by atoms with Gasteiger partial charge in [0.1, 0.15) is 5.75 Å². The first-order chi connectivity index (χ1) is 13.5. The molecule has 0 aliphatic heterocycles. The molecule has 1 aromatic heterocycles. The van der Waals surface area contributed by atoms with E-state index in [1.165, 1.54) is 6.07 Å². The van der Waals surface area contributed by atoms with Gasteiger partial charge < -0.3 is 15.0 Å². The van der Waals surface area contributed by atoms with Gasteiger partial charge >= 0.3 is 6.61 Å². The topological polar surface area (TPSA) is 57.2 Å². The fourth-order valence-corrected chi connectivity index (χ4v) is 3.58. The van der Waals surface area contributed by atoms with Crippen LogP contribution in [-0.4, -0.2) is 17.1 Å². The van der Waals surface area contributed by atoms with Crippen molar-refractivity contribution in [2.24, 2.45) is 5.73 Å². The molecule has 7 heteroatoms. The van der Waals surface area contributed by atoms with E-state index in [1.54, 1.807) is 42.5 Å². The number of halogens is 3. The summed E-state index contributed by atoms with van der Waals surface area (Å²) in [6.07, 6.45) is 0. The largest absolute Gasteiger partial charge is 0.434 e. The Morgan fingerprint density at radius 1 is 1.18 bits per heavy atom. The second-order valence-corrected chi connectivity index (χ2v) is 6.65. The molecular weight excluding hydrogens is 386 g/mol. The maximum atomic E-state index is 12.8. The van der Waals surface area contributed by atoms with Gasteiger partial charge in [-0.3, -0.25) is 4.79 Å². The van der Waals surface area contributed by atoms with E-state index < -0.39 is 12.5 Å². The Bertz CT molecular complexity index is 1200. The fraction of sp³-hybridized carbons (Fsp3) is 0.0952. The van der Waals surface area contributed by atoms with E-state index in [-0.39, 0.29) is 12.3 Å². The van der Waals surface area contributed by atoms with E-state index in [9.17, 15) is 13.6 Å². The van der Waals surface area contributed by atoms with Crippen molar-refractivity contribution in [3.05, 3.63) is 76.8 Å². The van der Waals surface area contributed by atoms with Gasteiger partial charge in [-0.15, -0.1) is 0 Å². The van der Waals surface area contributed by atoms with Gasteiger partial charge in [-0.05, 0) is 36.4 Å². The minimum atomic E-state index is -2.93. The Morgan fingerprint density at radius 2 is 1.96 bits per heavy atom. The van der Waals surface area contributed by atoms with Crippen molar-refractivity contribution in [1.82, 2.24) is 4.57 Å². The molecule has 1 radical (unpaired) electrons. The number of carbonyl (C=O) groups is 1. The maximum absolute atomic E-state index is 12.8. The molecule has 0 saturated heterocycles. The summed E-state index contributed by atoms with van der Waals surface area (Å²) in [5, 5.41) is 1.80. The van der Waals surface area contributed by atoms with Crippen LogP contribution in [0.1, 0.15) is 15.9 Å². The molecule has 0 aliphatic rings. The standard InChI is InChI=1S/C21H14ClF2N2O2/c22-13-8-9-14-17(10-13)26(16-6-3-5-15(19(14)16)20(25)27)11-12-4-1-2-7-18(12)28-21(23)24/h1-8,10,21H,11H2,(H2,25,27). The van der Waals surface area contributed by atoms with Crippen LogP contribution in [0.25, 0.3) is 21.8 Å². The number of benzene rings is 3. The number of rotatable bonds is 5.